The van der Waals surface area contributed by atoms with Gasteiger partial charge in [-0.2, -0.15) is 0 Å². The molecule has 0 N–H and O–H groups in total. The average Bonchev–Trinajstić information content (AvgIpc) is 2.55. The van der Waals surface area contributed by atoms with Gasteiger partial charge in [0.25, 0.3) is 0 Å². The van der Waals surface area contributed by atoms with Crippen LogP contribution in [0.1, 0.15) is 79.6 Å². The van der Waals surface area contributed by atoms with Gasteiger partial charge in [-0.15, -0.1) is 0 Å². The van der Waals surface area contributed by atoms with E-state index in [9.17, 15) is 0 Å². The van der Waals surface area contributed by atoms with Crippen LogP contribution in [0, 0.1) is 35.0 Å². The van der Waals surface area contributed by atoms with Crippen LogP contribution in [0.3, 0.4) is 0 Å². The summed E-state index contributed by atoms with van der Waals surface area (Å²) in [5.74, 6) is 4.87. The molecule has 0 aromatic heterocycles. The molecule has 0 heterocycles. The largest absolute Gasteiger partial charge is 0.0651 e. The Kier molecular flexibility index (Phi) is 4.44. The Morgan fingerprint density at radius 3 is 2.28 bits per heavy atom. The van der Waals surface area contributed by atoms with Gasteiger partial charge in [0.05, 0.1) is 0 Å². The molecule has 2 saturated carbocycles. The van der Waals surface area contributed by atoms with E-state index in [4.69, 9.17) is 0 Å². The lowest BCUT2D eigenvalue weighted by atomic mass is 9.60. The van der Waals surface area contributed by atoms with Gasteiger partial charge in [0.2, 0.25) is 0 Å². The van der Waals surface area contributed by atoms with Crippen LogP contribution >= 0.6 is 0 Å². The van der Waals surface area contributed by atoms with Gasteiger partial charge in [-0.3, -0.25) is 0 Å². The van der Waals surface area contributed by atoms with Crippen LogP contribution in [-0.4, -0.2) is 0 Å². The summed E-state index contributed by atoms with van der Waals surface area (Å²) < 4.78 is 0. The normalized spacial score (nSPS) is 50.2. The van der Waals surface area contributed by atoms with Crippen molar-refractivity contribution in [3.8, 4) is 0 Å². The van der Waals surface area contributed by atoms with Crippen LogP contribution < -0.4 is 0 Å². The summed E-state index contributed by atoms with van der Waals surface area (Å²) >= 11 is 0. The van der Waals surface area contributed by atoms with Crippen LogP contribution in [-0.2, 0) is 0 Å². The molecule has 0 heteroatoms. The Morgan fingerprint density at radius 1 is 1.00 bits per heavy atom. The molecule has 18 heavy (non-hydrogen) atoms. The molecule has 106 valence electrons. The van der Waals surface area contributed by atoms with E-state index in [2.05, 4.69) is 34.6 Å². The molecule has 0 spiro atoms. The third-order valence-electron chi connectivity index (χ3n) is 6.43. The minimum atomic E-state index is 0.634. The van der Waals surface area contributed by atoms with Gasteiger partial charge in [0.15, 0.2) is 0 Å². The van der Waals surface area contributed by atoms with Crippen molar-refractivity contribution in [2.45, 2.75) is 79.6 Å². The van der Waals surface area contributed by atoms with Gasteiger partial charge < -0.3 is 0 Å². The first-order chi connectivity index (χ1) is 8.47. The Balaban J connectivity index is 2.22. The molecule has 0 aromatic rings. The molecule has 0 amide bonds. The second-order valence-corrected chi connectivity index (χ2v) is 8.01. The fourth-order valence-electron chi connectivity index (χ4n) is 5.67. The third kappa shape index (κ3) is 2.63. The van der Waals surface area contributed by atoms with Gasteiger partial charge in [0.1, 0.15) is 0 Å². The van der Waals surface area contributed by atoms with Crippen molar-refractivity contribution < 1.29 is 0 Å². The Hall–Kier alpha value is 0. The monoisotopic (exact) mass is 250 g/mol. The molecular formula is C18H34. The lowest BCUT2D eigenvalue weighted by Crippen LogP contribution is -2.37. The van der Waals surface area contributed by atoms with E-state index in [1.165, 1.54) is 44.9 Å². The molecule has 2 aliphatic carbocycles. The molecular weight excluding hydrogens is 216 g/mol. The predicted molar refractivity (Wildman–Crippen MR) is 80.6 cm³/mol. The minimum absolute atomic E-state index is 0.634. The SMILES string of the molecule is CCC1CCCC(C)CC1(C)C1CC(C)CC1C. The second-order valence-electron chi connectivity index (χ2n) is 8.01. The van der Waals surface area contributed by atoms with Gasteiger partial charge >= 0.3 is 0 Å². The smallest absolute Gasteiger partial charge is 0.0264 e. The summed E-state index contributed by atoms with van der Waals surface area (Å²) in [4.78, 5) is 0. The molecule has 0 bridgehead atoms. The summed E-state index contributed by atoms with van der Waals surface area (Å²) in [6.45, 7) is 12.6. The molecule has 0 radical (unpaired) electrons. The molecule has 6 atom stereocenters. The van der Waals surface area contributed by atoms with Crippen LogP contribution in [0.25, 0.3) is 0 Å². The molecule has 2 fully saturated rings. The standard InChI is InChI=1S/C18H34/c1-6-16-9-7-8-13(2)12-18(16,5)17-11-14(3)10-15(17)4/h13-17H,6-12H2,1-5H3. The topological polar surface area (TPSA) is 0 Å². The summed E-state index contributed by atoms with van der Waals surface area (Å²) in [6.07, 6.45) is 10.3. The molecule has 0 nitrogen and oxygen atoms in total. The fourth-order valence-corrected chi connectivity index (χ4v) is 5.67. The van der Waals surface area contributed by atoms with Crippen molar-refractivity contribution in [3.05, 3.63) is 0 Å². The van der Waals surface area contributed by atoms with Crippen molar-refractivity contribution in [2.75, 3.05) is 0 Å². The highest BCUT2D eigenvalue weighted by Gasteiger charge is 2.47. The van der Waals surface area contributed by atoms with Crippen molar-refractivity contribution >= 4 is 0 Å². The number of hydrogen-bond donors (Lipinski definition) is 0. The Labute approximate surface area is 115 Å². The number of rotatable bonds is 2. The van der Waals surface area contributed by atoms with E-state index < -0.39 is 0 Å². The van der Waals surface area contributed by atoms with Crippen molar-refractivity contribution in [1.29, 1.82) is 0 Å². The summed E-state index contributed by atoms with van der Waals surface area (Å²) in [5, 5.41) is 0. The molecule has 2 aliphatic rings. The first kappa shape index (κ1) is 14.4. The zero-order valence-corrected chi connectivity index (χ0v) is 13.3. The van der Waals surface area contributed by atoms with Crippen LogP contribution in [0.15, 0.2) is 0 Å². The van der Waals surface area contributed by atoms with Gasteiger partial charge in [0, 0.05) is 0 Å². The van der Waals surface area contributed by atoms with E-state index in [0.29, 0.717) is 5.41 Å². The molecule has 2 rings (SSSR count). The average molecular weight is 250 g/mol. The first-order valence-corrected chi connectivity index (χ1v) is 8.47. The third-order valence-corrected chi connectivity index (χ3v) is 6.43. The van der Waals surface area contributed by atoms with Crippen LogP contribution in [0.5, 0.6) is 0 Å². The van der Waals surface area contributed by atoms with Crippen LogP contribution in [0.4, 0.5) is 0 Å². The predicted octanol–water partition coefficient (Wildman–Crippen LogP) is 5.91. The van der Waals surface area contributed by atoms with Gasteiger partial charge in [-0.1, -0.05) is 53.9 Å². The van der Waals surface area contributed by atoms with Crippen molar-refractivity contribution in [1.82, 2.24) is 0 Å². The fraction of sp³-hybridized carbons (Fsp3) is 1.00. The van der Waals surface area contributed by atoms with Crippen molar-refractivity contribution in [2.24, 2.45) is 35.0 Å². The first-order valence-electron chi connectivity index (χ1n) is 8.47. The van der Waals surface area contributed by atoms with Crippen LogP contribution in [0.2, 0.25) is 0 Å². The zero-order valence-electron chi connectivity index (χ0n) is 13.3. The molecule has 0 saturated heterocycles. The maximum absolute atomic E-state index is 2.65. The van der Waals surface area contributed by atoms with E-state index in [1.54, 1.807) is 0 Å². The maximum atomic E-state index is 2.65. The van der Waals surface area contributed by atoms with Gasteiger partial charge in [-0.25, -0.2) is 0 Å². The van der Waals surface area contributed by atoms with E-state index in [1.807, 2.05) is 0 Å². The highest BCUT2D eigenvalue weighted by Crippen LogP contribution is 2.56. The summed E-state index contributed by atoms with van der Waals surface area (Å²) in [5.41, 5.74) is 0.634. The molecule has 6 unspecified atom stereocenters. The van der Waals surface area contributed by atoms with Crippen molar-refractivity contribution in [3.63, 3.8) is 0 Å². The van der Waals surface area contributed by atoms with E-state index in [-0.39, 0.29) is 0 Å². The minimum Gasteiger partial charge on any atom is -0.0651 e. The highest BCUT2D eigenvalue weighted by molar-refractivity contribution is 4.96. The van der Waals surface area contributed by atoms with E-state index >= 15 is 0 Å². The lowest BCUT2D eigenvalue weighted by molar-refractivity contribution is 0.0453. The Bertz CT molecular complexity index is 269. The Morgan fingerprint density at radius 2 is 1.72 bits per heavy atom. The maximum Gasteiger partial charge on any atom is -0.0264 e. The zero-order chi connectivity index (χ0) is 13.3. The quantitative estimate of drug-likeness (QED) is 0.534. The second kappa shape index (κ2) is 5.55. The lowest BCUT2D eigenvalue weighted by Gasteiger charge is -2.44. The summed E-state index contributed by atoms with van der Waals surface area (Å²) in [6, 6.07) is 0. The highest BCUT2D eigenvalue weighted by atomic mass is 14.5. The summed E-state index contributed by atoms with van der Waals surface area (Å²) in [7, 11) is 0. The molecule has 0 aliphatic heterocycles. The molecule has 0 aromatic carbocycles. The van der Waals surface area contributed by atoms with E-state index in [0.717, 1.165) is 29.6 Å². The van der Waals surface area contributed by atoms with Gasteiger partial charge in [-0.05, 0) is 60.7 Å². The number of hydrogen-bond acceptors (Lipinski definition) is 0.